The van der Waals surface area contributed by atoms with Crippen molar-refractivity contribution >= 4 is 5.97 Å². The van der Waals surface area contributed by atoms with Crippen LogP contribution < -0.4 is 0 Å². The average molecular weight is 144 g/mol. The van der Waals surface area contributed by atoms with E-state index in [-0.39, 0.29) is 6.10 Å². The van der Waals surface area contributed by atoms with Crippen molar-refractivity contribution in [2.75, 3.05) is 0 Å². The largest absolute Gasteiger partial charge is 0.502 e. The second-order valence-corrected chi connectivity index (χ2v) is 2.07. The summed E-state index contributed by atoms with van der Waals surface area (Å²) in [5.41, 5.74) is 0. The van der Waals surface area contributed by atoms with Crippen LogP contribution in [0.2, 0.25) is 0 Å². The molecule has 0 rings (SSSR count). The highest BCUT2D eigenvalue weighted by Gasteiger charge is 2.09. The van der Waals surface area contributed by atoms with E-state index in [2.05, 4.69) is 11.3 Å². The quantitative estimate of drug-likeness (QED) is 0.370. The van der Waals surface area contributed by atoms with Crippen LogP contribution in [0.1, 0.15) is 20.3 Å². The lowest BCUT2D eigenvalue weighted by Crippen LogP contribution is -2.14. The van der Waals surface area contributed by atoms with E-state index in [0.717, 1.165) is 6.42 Å². The lowest BCUT2D eigenvalue weighted by Gasteiger charge is -2.08. The van der Waals surface area contributed by atoms with Gasteiger partial charge in [0.2, 0.25) is 0 Å². The molecule has 0 aromatic heterocycles. The fourth-order valence-electron chi connectivity index (χ4n) is 0.334. The molecule has 10 heavy (non-hydrogen) atoms. The number of hydrogen-bond acceptors (Lipinski definition) is 3. The number of esters is 1. The molecule has 0 aromatic rings. The van der Waals surface area contributed by atoms with Gasteiger partial charge in [-0.05, 0) is 19.9 Å². The predicted molar refractivity (Wildman–Crippen MR) is 37.6 cm³/mol. The number of aliphatic hydroxyl groups is 1. The van der Waals surface area contributed by atoms with Crippen molar-refractivity contribution in [1.29, 1.82) is 0 Å². The van der Waals surface area contributed by atoms with Crippen LogP contribution in [-0.2, 0) is 9.53 Å². The van der Waals surface area contributed by atoms with Gasteiger partial charge in [-0.25, -0.2) is 4.79 Å². The predicted octanol–water partition coefficient (Wildman–Crippen LogP) is 1.40. The first-order valence-corrected chi connectivity index (χ1v) is 3.16. The maximum absolute atomic E-state index is 10.5. The Balaban J connectivity index is 3.68. The summed E-state index contributed by atoms with van der Waals surface area (Å²) in [5, 5.41) is 8.50. The summed E-state index contributed by atoms with van der Waals surface area (Å²) >= 11 is 0. The standard InChI is InChI=1S/C7H12O3/c1-4-5(2)10-7(9)6(3)8/h5,8H,3-4H2,1-2H3. The molecule has 3 heteroatoms. The number of hydrogen-bond donors (Lipinski definition) is 1. The number of carbonyl (C=O) groups excluding carboxylic acids is 1. The lowest BCUT2D eigenvalue weighted by atomic mass is 10.3. The minimum atomic E-state index is -0.741. The Labute approximate surface area is 60.3 Å². The molecular formula is C7H12O3. The van der Waals surface area contributed by atoms with Crippen molar-refractivity contribution in [3.63, 3.8) is 0 Å². The Morgan fingerprint density at radius 2 is 2.30 bits per heavy atom. The van der Waals surface area contributed by atoms with Gasteiger partial charge in [0.05, 0.1) is 6.10 Å². The summed E-state index contributed by atoms with van der Waals surface area (Å²) in [7, 11) is 0. The molecule has 3 nitrogen and oxygen atoms in total. The Morgan fingerprint density at radius 1 is 1.80 bits per heavy atom. The zero-order valence-corrected chi connectivity index (χ0v) is 6.26. The van der Waals surface area contributed by atoms with Gasteiger partial charge < -0.3 is 9.84 Å². The van der Waals surface area contributed by atoms with Gasteiger partial charge in [-0.15, -0.1) is 0 Å². The maximum atomic E-state index is 10.5. The van der Waals surface area contributed by atoms with Crippen LogP contribution in [0.4, 0.5) is 0 Å². The molecule has 0 aromatic carbocycles. The Morgan fingerprint density at radius 3 is 2.60 bits per heavy atom. The van der Waals surface area contributed by atoms with Gasteiger partial charge in [-0.3, -0.25) is 0 Å². The van der Waals surface area contributed by atoms with E-state index in [1.54, 1.807) is 6.92 Å². The van der Waals surface area contributed by atoms with Crippen LogP contribution in [0.3, 0.4) is 0 Å². The minimum absolute atomic E-state index is 0.156. The topological polar surface area (TPSA) is 46.5 Å². The highest BCUT2D eigenvalue weighted by molar-refractivity contribution is 5.85. The van der Waals surface area contributed by atoms with Crippen LogP contribution in [0.15, 0.2) is 12.3 Å². The molecular weight excluding hydrogens is 132 g/mol. The summed E-state index contributed by atoms with van der Waals surface area (Å²) in [6.07, 6.45) is 0.579. The van der Waals surface area contributed by atoms with Crippen molar-refractivity contribution in [2.45, 2.75) is 26.4 Å². The molecule has 0 aliphatic carbocycles. The van der Waals surface area contributed by atoms with Crippen molar-refractivity contribution in [1.82, 2.24) is 0 Å². The van der Waals surface area contributed by atoms with E-state index < -0.39 is 11.7 Å². The normalized spacial score (nSPS) is 12.2. The molecule has 58 valence electrons. The van der Waals surface area contributed by atoms with E-state index in [1.165, 1.54) is 0 Å². The fraction of sp³-hybridized carbons (Fsp3) is 0.571. The lowest BCUT2D eigenvalue weighted by molar-refractivity contribution is -0.146. The molecule has 0 saturated carbocycles. The second kappa shape index (κ2) is 3.93. The Kier molecular flexibility index (Phi) is 3.54. The van der Waals surface area contributed by atoms with Gasteiger partial charge >= 0.3 is 5.97 Å². The molecule has 0 spiro atoms. The third kappa shape index (κ3) is 3.12. The first-order chi connectivity index (χ1) is 4.57. The zero-order valence-electron chi connectivity index (χ0n) is 6.26. The smallest absolute Gasteiger partial charge is 0.372 e. The summed E-state index contributed by atoms with van der Waals surface area (Å²) < 4.78 is 4.67. The van der Waals surface area contributed by atoms with Gasteiger partial charge in [0.1, 0.15) is 0 Å². The van der Waals surface area contributed by atoms with E-state index in [9.17, 15) is 4.79 Å². The monoisotopic (exact) mass is 144 g/mol. The van der Waals surface area contributed by atoms with Crippen molar-refractivity contribution in [3.05, 3.63) is 12.3 Å². The number of rotatable bonds is 3. The number of ether oxygens (including phenoxy) is 1. The SMILES string of the molecule is C=C(O)C(=O)OC(C)CC. The van der Waals surface area contributed by atoms with Crippen LogP contribution in [0.25, 0.3) is 0 Å². The highest BCUT2D eigenvalue weighted by Crippen LogP contribution is 1.98. The van der Waals surface area contributed by atoms with Crippen LogP contribution in [-0.4, -0.2) is 17.2 Å². The average Bonchev–Trinajstić information content (AvgIpc) is 1.87. The molecule has 0 bridgehead atoms. The molecule has 0 fully saturated rings. The molecule has 1 N–H and O–H groups in total. The van der Waals surface area contributed by atoms with Crippen LogP contribution in [0, 0.1) is 0 Å². The van der Waals surface area contributed by atoms with Gasteiger partial charge in [-0.2, -0.15) is 0 Å². The van der Waals surface area contributed by atoms with Crippen LogP contribution in [0.5, 0.6) is 0 Å². The minimum Gasteiger partial charge on any atom is -0.502 e. The van der Waals surface area contributed by atoms with Gasteiger partial charge in [0.25, 0.3) is 0 Å². The summed E-state index contributed by atoms with van der Waals surface area (Å²) in [4.78, 5) is 10.5. The molecule has 0 aliphatic heterocycles. The second-order valence-electron chi connectivity index (χ2n) is 2.07. The van der Waals surface area contributed by atoms with Crippen molar-refractivity contribution < 1.29 is 14.6 Å². The zero-order chi connectivity index (χ0) is 8.15. The molecule has 0 heterocycles. The van der Waals surface area contributed by atoms with E-state index in [1.807, 2.05) is 6.92 Å². The van der Waals surface area contributed by atoms with Gasteiger partial charge in [0, 0.05) is 0 Å². The molecule has 0 radical (unpaired) electrons. The third-order valence-electron chi connectivity index (χ3n) is 1.12. The maximum Gasteiger partial charge on any atom is 0.372 e. The summed E-state index contributed by atoms with van der Waals surface area (Å²) in [6, 6.07) is 0. The van der Waals surface area contributed by atoms with E-state index in [0.29, 0.717) is 0 Å². The Bertz CT molecular complexity index is 140. The molecule has 1 atom stereocenters. The summed E-state index contributed by atoms with van der Waals surface area (Å²) in [6.45, 7) is 6.66. The van der Waals surface area contributed by atoms with Crippen molar-refractivity contribution in [3.8, 4) is 0 Å². The fourth-order valence-corrected chi connectivity index (χ4v) is 0.334. The number of carbonyl (C=O) groups is 1. The number of aliphatic hydroxyl groups excluding tert-OH is 1. The Hall–Kier alpha value is -0.990. The molecule has 0 saturated heterocycles. The van der Waals surface area contributed by atoms with Gasteiger partial charge in [-0.1, -0.05) is 6.92 Å². The van der Waals surface area contributed by atoms with Crippen LogP contribution >= 0.6 is 0 Å². The van der Waals surface area contributed by atoms with Gasteiger partial charge in [0.15, 0.2) is 5.76 Å². The highest BCUT2D eigenvalue weighted by atomic mass is 16.6. The third-order valence-corrected chi connectivity index (χ3v) is 1.12. The molecule has 1 unspecified atom stereocenters. The molecule has 0 aliphatic rings. The van der Waals surface area contributed by atoms with E-state index >= 15 is 0 Å². The summed E-state index contributed by atoms with van der Waals surface area (Å²) in [5.74, 6) is -1.28. The first-order valence-electron chi connectivity index (χ1n) is 3.16. The van der Waals surface area contributed by atoms with E-state index in [4.69, 9.17) is 5.11 Å². The first kappa shape index (κ1) is 9.01. The van der Waals surface area contributed by atoms with Crippen molar-refractivity contribution in [2.24, 2.45) is 0 Å². The molecule has 0 amide bonds.